The first-order valence-electron chi connectivity index (χ1n) is 7.50. The number of amides is 1. The van der Waals surface area contributed by atoms with E-state index in [-0.39, 0.29) is 5.91 Å². The number of piperidine rings is 1. The van der Waals surface area contributed by atoms with Gasteiger partial charge in [0, 0.05) is 12.1 Å². The van der Waals surface area contributed by atoms with Crippen molar-refractivity contribution in [2.45, 2.75) is 40.0 Å². The minimum Gasteiger partial charge on any atom is -0.316 e. The highest BCUT2D eigenvalue weighted by Gasteiger charge is 2.22. The van der Waals surface area contributed by atoms with Crippen LogP contribution in [0.25, 0.3) is 0 Å². The fourth-order valence-corrected chi connectivity index (χ4v) is 2.92. The average Bonchev–Trinajstić information content (AvgIpc) is 2.38. The number of rotatable bonds is 4. The van der Waals surface area contributed by atoms with Gasteiger partial charge < -0.3 is 10.6 Å². The van der Waals surface area contributed by atoms with E-state index in [1.165, 1.54) is 12.8 Å². The monoisotopic (exact) mass is 275 g/mol. The number of aryl methyl sites for hydroxylation is 2. The van der Waals surface area contributed by atoms with Gasteiger partial charge in [-0.1, -0.05) is 6.92 Å². The second-order valence-electron chi connectivity index (χ2n) is 6.01. The molecule has 1 aliphatic rings. The second kappa shape index (κ2) is 6.84. The summed E-state index contributed by atoms with van der Waals surface area (Å²) in [6.07, 6.45) is 3.01. The van der Waals surface area contributed by atoms with E-state index in [9.17, 15) is 4.79 Å². The van der Waals surface area contributed by atoms with Gasteiger partial charge in [-0.05, 0) is 69.3 Å². The molecule has 0 bridgehead atoms. The summed E-state index contributed by atoms with van der Waals surface area (Å²) in [5.41, 5.74) is 2.06. The van der Waals surface area contributed by atoms with Gasteiger partial charge in [-0.3, -0.25) is 4.79 Å². The minimum absolute atomic E-state index is 0.0700. The molecule has 0 saturated carbocycles. The zero-order chi connectivity index (χ0) is 14.5. The number of hydrogen-bond acceptors (Lipinski definition) is 3. The van der Waals surface area contributed by atoms with Crippen molar-refractivity contribution in [3.05, 3.63) is 23.4 Å². The Bertz CT molecular complexity index is 447. The Morgan fingerprint density at radius 3 is 2.95 bits per heavy atom. The summed E-state index contributed by atoms with van der Waals surface area (Å²) in [5, 5.41) is 6.33. The van der Waals surface area contributed by atoms with E-state index in [0.717, 1.165) is 24.3 Å². The Hall–Kier alpha value is -1.42. The number of nitrogens with zero attached hydrogens (tertiary/aromatic N) is 1. The van der Waals surface area contributed by atoms with Gasteiger partial charge in [-0.2, -0.15) is 0 Å². The lowest BCUT2D eigenvalue weighted by Gasteiger charge is -2.27. The van der Waals surface area contributed by atoms with E-state index in [1.807, 2.05) is 26.0 Å². The lowest BCUT2D eigenvalue weighted by molar-refractivity contribution is -0.117. The molecule has 0 aromatic carbocycles. The Morgan fingerprint density at radius 1 is 1.50 bits per heavy atom. The molecule has 2 rings (SSSR count). The van der Waals surface area contributed by atoms with E-state index >= 15 is 0 Å². The Labute approximate surface area is 121 Å². The van der Waals surface area contributed by atoms with E-state index in [0.29, 0.717) is 24.1 Å². The molecule has 110 valence electrons. The van der Waals surface area contributed by atoms with Gasteiger partial charge in [0.05, 0.1) is 0 Å². The quantitative estimate of drug-likeness (QED) is 0.888. The lowest BCUT2D eigenvalue weighted by atomic mass is 9.85. The van der Waals surface area contributed by atoms with Gasteiger partial charge in [0.1, 0.15) is 5.82 Å². The third kappa shape index (κ3) is 4.30. The predicted octanol–water partition coefficient (Wildman–Crippen LogP) is 2.66. The molecule has 0 spiro atoms. The van der Waals surface area contributed by atoms with Crippen LogP contribution in [0, 0.1) is 25.7 Å². The molecule has 20 heavy (non-hydrogen) atoms. The van der Waals surface area contributed by atoms with E-state index in [2.05, 4.69) is 22.5 Å². The SMILES string of the molecule is Cc1cc(C)nc(NC(=O)CC(C)C2CCCNC2)c1. The molecular weight excluding hydrogens is 250 g/mol. The third-order valence-corrected chi connectivity index (χ3v) is 4.01. The van der Waals surface area contributed by atoms with Crippen LogP contribution in [-0.4, -0.2) is 24.0 Å². The maximum atomic E-state index is 12.1. The molecule has 2 N–H and O–H groups in total. The summed E-state index contributed by atoms with van der Waals surface area (Å²) < 4.78 is 0. The highest BCUT2D eigenvalue weighted by molar-refractivity contribution is 5.89. The molecule has 1 fully saturated rings. The van der Waals surface area contributed by atoms with Crippen molar-refractivity contribution >= 4 is 11.7 Å². The molecule has 4 nitrogen and oxygen atoms in total. The lowest BCUT2D eigenvalue weighted by Crippen LogP contribution is -2.34. The van der Waals surface area contributed by atoms with Crippen molar-refractivity contribution in [2.24, 2.45) is 11.8 Å². The second-order valence-corrected chi connectivity index (χ2v) is 6.01. The van der Waals surface area contributed by atoms with Gasteiger partial charge in [0.15, 0.2) is 0 Å². The summed E-state index contributed by atoms with van der Waals surface area (Å²) in [7, 11) is 0. The van der Waals surface area contributed by atoms with Crippen LogP contribution in [0.2, 0.25) is 0 Å². The molecule has 1 saturated heterocycles. The normalized spacial score (nSPS) is 20.4. The van der Waals surface area contributed by atoms with Crippen LogP contribution in [0.5, 0.6) is 0 Å². The first-order chi connectivity index (χ1) is 9.54. The smallest absolute Gasteiger partial charge is 0.225 e. The minimum atomic E-state index is 0.0700. The highest BCUT2D eigenvalue weighted by Crippen LogP contribution is 2.23. The molecule has 1 aromatic rings. The topological polar surface area (TPSA) is 54.0 Å². The van der Waals surface area contributed by atoms with Gasteiger partial charge in [-0.25, -0.2) is 4.98 Å². The molecule has 1 aromatic heterocycles. The molecule has 1 aliphatic heterocycles. The average molecular weight is 275 g/mol. The van der Waals surface area contributed by atoms with Gasteiger partial charge in [0.25, 0.3) is 0 Å². The number of carbonyl (C=O) groups is 1. The first kappa shape index (κ1) is 15.0. The molecule has 2 heterocycles. The Kier molecular flexibility index (Phi) is 5.12. The van der Waals surface area contributed by atoms with Crippen LogP contribution in [0.15, 0.2) is 12.1 Å². The highest BCUT2D eigenvalue weighted by atomic mass is 16.1. The standard InChI is InChI=1S/C16H25N3O/c1-11-7-13(3)18-15(8-11)19-16(20)9-12(2)14-5-4-6-17-10-14/h7-8,12,14,17H,4-6,9-10H2,1-3H3,(H,18,19,20). The number of aromatic nitrogens is 1. The van der Waals surface area contributed by atoms with Gasteiger partial charge in [-0.15, -0.1) is 0 Å². The van der Waals surface area contributed by atoms with Crippen molar-refractivity contribution in [1.82, 2.24) is 10.3 Å². The fourth-order valence-electron chi connectivity index (χ4n) is 2.92. The molecule has 4 heteroatoms. The molecule has 2 atom stereocenters. The summed E-state index contributed by atoms with van der Waals surface area (Å²) in [5.74, 6) is 1.76. The Morgan fingerprint density at radius 2 is 2.30 bits per heavy atom. The maximum absolute atomic E-state index is 12.1. The number of carbonyl (C=O) groups excluding carboxylic acids is 1. The number of hydrogen-bond donors (Lipinski definition) is 2. The maximum Gasteiger partial charge on any atom is 0.225 e. The van der Waals surface area contributed by atoms with Crippen molar-refractivity contribution in [2.75, 3.05) is 18.4 Å². The number of nitrogens with one attached hydrogen (secondary N) is 2. The predicted molar refractivity (Wildman–Crippen MR) is 81.7 cm³/mol. The molecular formula is C16H25N3O. The largest absolute Gasteiger partial charge is 0.316 e. The van der Waals surface area contributed by atoms with Crippen LogP contribution < -0.4 is 10.6 Å². The van der Waals surface area contributed by atoms with Crippen LogP contribution in [-0.2, 0) is 4.79 Å². The van der Waals surface area contributed by atoms with E-state index in [4.69, 9.17) is 0 Å². The summed E-state index contributed by atoms with van der Waals surface area (Å²) >= 11 is 0. The van der Waals surface area contributed by atoms with Crippen LogP contribution in [0.4, 0.5) is 5.82 Å². The fraction of sp³-hybridized carbons (Fsp3) is 0.625. The van der Waals surface area contributed by atoms with E-state index < -0.39 is 0 Å². The van der Waals surface area contributed by atoms with Crippen molar-refractivity contribution in [3.63, 3.8) is 0 Å². The first-order valence-corrected chi connectivity index (χ1v) is 7.50. The Balaban J connectivity index is 1.88. The third-order valence-electron chi connectivity index (χ3n) is 4.01. The molecule has 0 radical (unpaired) electrons. The summed E-state index contributed by atoms with van der Waals surface area (Å²) in [4.78, 5) is 16.5. The van der Waals surface area contributed by atoms with Crippen LogP contribution in [0.3, 0.4) is 0 Å². The van der Waals surface area contributed by atoms with Crippen molar-refractivity contribution in [3.8, 4) is 0 Å². The van der Waals surface area contributed by atoms with Gasteiger partial charge >= 0.3 is 0 Å². The van der Waals surface area contributed by atoms with Crippen LogP contribution in [0.1, 0.15) is 37.4 Å². The van der Waals surface area contributed by atoms with Gasteiger partial charge in [0.2, 0.25) is 5.91 Å². The number of anilines is 1. The van der Waals surface area contributed by atoms with Crippen molar-refractivity contribution < 1.29 is 4.79 Å². The zero-order valence-electron chi connectivity index (χ0n) is 12.7. The number of pyridine rings is 1. The molecule has 0 aliphatic carbocycles. The summed E-state index contributed by atoms with van der Waals surface area (Å²) in [6, 6.07) is 3.92. The molecule has 1 amide bonds. The van der Waals surface area contributed by atoms with Crippen molar-refractivity contribution in [1.29, 1.82) is 0 Å². The van der Waals surface area contributed by atoms with Crippen LogP contribution >= 0.6 is 0 Å². The summed E-state index contributed by atoms with van der Waals surface area (Å²) in [6.45, 7) is 8.28. The van der Waals surface area contributed by atoms with E-state index in [1.54, 1.807) is 0 Å². The zero-order valence-corrected chi connectivity index (χ0v) is 12.7. The molecule has 2 unspecified atom stereocenters.